The SMILES string of the molecule is C#CCO/N=C(\C(=O)NC1C(=O)N2C=C(CSc3nc(N)cc(N)[n+]3C)C[S+](C(=O)O)[C@H]12)c1csc(N)n1. The number of thiazole rings is 1. The maximum absolute atomic E-state index is 13.0. The molecular formula is C21H23N9O5S3+2. The fourth-order valence-corrected chi connectivity index (χ4v) is 7.29. The lowest BCUT2D eigenvalue weighted by Crippen LogP contribution is -2.74. The Morgan fingerprint density at radius 3 is 2.87 bits per heavy atom. The summed E-state index contributed by atoms with van der Waals surface area (Å²) in [5.74, 6) is 2.23. The van der Waals surface area contributed by atoms with Gasteiger partial charge in [-0.05, 0) is 11.8 Å². The van der Waals surface area contributed by atoms with Gasteiger partial charge in [0, 0.05) is 22.9 Å². The summed E-state index contributed by atoms with van der Waals surface area (Å²) in [6, 6.07) is 0.457. The maximum Gasteiger partial charge on any atom is 0.525 e. The van der Waals surface area contributed by atoms with Gasteiger partial charge in [0.25, 0.3) is 11.8 Å². The second kappa shape index (κ2) is 11.2. The van der Waals surface area contributed by atoms with E-state index in [4.69, 9.17) is 28.5 Å². The first kappa shape index (κ1) is 27.0. The number of amides is 2. The van der Waals surface area contributed by atoms with Gasteiger partial charge in [0.2, 0.25) is 17.0 Å². The standard InChI is InChI=1S/C21H21N9O5S3/c1-3-4-35-28-14(11-8-36-19(24)25-11)16(31)27-15-17(32)30-6-10(9-38(18(15)30)21(33)34)7-37-20-26-12(22)5-13(23)29(20)2/h1,5-6,8,15,18H,4,7,9H2,2H3,(H6-,22,23,24,25,27,31,33,34)/p+2/b28-14-/t15?,18-,38?/m1/s1. The Balaban J connectivity index is 1.51. The van der Waals surface area contributed by atoms with E-state index in [2.05, 4.69) is 26.4 Å². The molecule has 0 aromatic carbocycles. The molecule has 2 aromatic heterocycles. The number of thioether (sulfide) groups is 1. The number of carbonyl (C=O) groups is 3. The van der Waals surface area contributed by atoms with Crippen LogP contribution in [0.3, 0.4) is 0 Å². The molecule has 2 amide bonds. The molecule has 2 aliphatic rings. The van der Waals surface area contributed by atoms with E-state index in [1.807, 2.05) is 0 Å². The van der Waals surface area contributed by atoms with Crippen molar-refractivity contribution in [2.24, 2.45) is 12.2 Å². The fourth-order valence-electron chi connectivity index (χ4n) is 3.63. The predicted molar refractivity (Wildman–Crippen MR) is 144 cm³/mol. The number of fused-ring (bicyclic) bond motifs is 1. The van der Waals surface area contributed by atoms with Crippen LogP contribution < -0.4 is 27.1 Å². The Bertz CT molecular complexity index is 1400. The zero-order valence-corrected chi connectivity index (χ0v) is 22.3. The van der Waals surface area contributed by atoms with Crippen LogP contribution in [-0.2, 0) is 32.4 Å². The van der Waals surface area contributed by atoms with Crippen LogP contribution in [-0.4, -0.2) is 72.3 Å². The van der Waals surface area contributed by atoms with Crippen LogP contribution in [0.2, 0.25) is 0 Å². The predicted octanol–water partition coefficient (Wildman–Crippen LogP) is -0.898. The highest BCUT2D eigenvalue weighted by Gasteiger charge is 2.63. The molecule has 2 aromatic rings. The number of anilines is 3. The summed E-state index contributed by atoms with van der Waals surface area (Å²) in [5, 5.41) is 16.7. The molecule has 1 saturated heterocycles. The summed E-state index contributed by atoms with van der Waals surface area (Å²) in [6.07, 6.45) is 6.78. The molecule has 4 rings (SSSR count). The molecule has 0 bridgehead atoms. The Kier molecular flexibility index (Phi) is 7.94. The number of carbonyl (C=O) groups excluding carboxylic acids is 2. The minimum Gasteiger partial charge on any atom is -0.441 e. The van der Waals surface area contributed by atoms with Crippen molar-refractivity contribution in [3.8, 4) is 12.3 Å². The quantitative estimate of drug-likeness (QED) is 0.0298. The second-order valence-electron chi connectivity index (χ2n) is 7.94. The number of β-lactam (4-membered cyclic amide) rings is 1. The van der Waals surface area contributed by atoms with Crippen LogP contribution in [0.1, 0.15) is 5.69 Å². The van der Waals surface area contributed by atoms with E-state index in [0.717, 1.165) is 16.9 Å². The number of terminal acetylenes is 1. The number of oxime groups is 1. The molecule has 14 nitrogen and oxygen atoms in total. The lowest BCUT2D eigenvalue weighted by Gasteiger charge is -2.44. The van der Waals surface area contributed by atoms with Gasteiger partial charge in [-0.2, -0.15) is 4.79 Å². The molecule has 4 heterocycles. The first-order valence-corrected chi connectivity index (χ1v) is 14.1. The van der Waals surface area contributed by atoms with Gasteiger partial charge in [-0.3, -0.25) is 14.5 Å². The first-order chi connectivity index (χ1) is 18.1. The topological polar surface area (TPSA) is 216 Å². The number of hydrogen-bond acceptors (Lipinski definition) is 12. The monoisotopic (exact) mass is 577 g/mol. The van der Waals surface area contributed by atoms with Gasteiger partial charge in [-0.25, -0.2) is 9.55 Å². The molecule has 3 atom stereocenters. The molecule has 2 unspecified atom stereocenters. The average molecular weight is 578 g/mol. The van der Waals surface area contributed by atoms with Crippen molar-refractivity contribution >= 4 is 73.6 Å². The lowest BCUT2D eigenvalue weighted by atomic mass is 10.1. The van der Waals surface area contributed by atoms with E-state index in [9.17, 15) is 19.5 Å². The van der Waals surface area contributed by atoms with E-state index >= 15 is 0 Å². The van der Waals surface area contributed by atoms with Crippen LogP contribution in [0.5, 0.6) is 0 Å². The number of nitrogens with zero attached hydrogens (tertiary/aromatic N) is 5. The first-order valence-electron chi connectivity index (χ1n) is 10.8. The Labute approximate surface area is 227 Å². The lowest BCUT2D eigenvalue weighted by molar-refractivity contribution is -0.698. The zero-order chi connectivity index (χ0) is 27.6. The summed E-state index contributed by atoms with van der Waals surface area (Å²) in [6.45, 7) is -0.196. The van der Waals surface area contributed by atoms with E-state index in [1.165, 1.54) is 28.1 Å². The molecule has 1 fully saturated rings. The molecule has 0 radical (unpaired) electrons. The molecule has 2 aliphatic heterocycles. The van der Waals surface area contributed by atoms with Crippen LogP contribution >= 0.6 is 23.1 Å². The highest BCUT2D eigenvalue weighted by atomic mass is 32.2. The fraction of sp³-hybridized carbons (Fsp3) is 0.286. The molecule has 0 aliphatic carbocycles. The third-order valence-electron chi connectivity index (χ3n) is 5.41. The molecule has 8 N–H and O–H groups in total. The minimum absolute atomic E-state index is 0.134. The van der Waals surface area contributed by atoms with Crippen molar-refractivity contribution in [3.05, 3.63) is 28.9 Å². The van der Waals surface area contributed by atoms with Crippen LogP contribution in [0.25, 0.3) is 0 Å². The van der Waals surface area contributed by atoms with Gasteiger partial charge in [-0.1, -0.05) is 16.1 Å². The van der Waals surface area contributed by atoms with Crippen molar-refractivity contribution in [2.75, 3.05) is 35.3 Å². The van der Waals surface area contributed by atoms with Gasteiger partial charge < -0.3 is 32.5 Å². The summed E-state index contributed by atoms with van der Waals surface area (Å²) in [7, 11) is 0.438. The molecule has 0 spiro atoms. The number of rotatable bonds is 8. The Morgan fingerprint density at radius 1 is 1.45 bits per heavy atom. The van der Waals surface area contributed by atoms with Crippen LogP contribution in [0, 0.1) is 12.3 Å². The maximum atomic E-state index is 13.0. The summed E-state index contributed by atoms with van der Waals surface area (Å²) < 4.78 is 1.66. The van der Waals surface area contributed by atoms with E-state index in [1.54, 1.807) is 17.8 Å². The highest BCUT2D eigenvalue weighted by Crippen LogP contribution is 2.35. The third-order valence-corrected chi connectivity index (χ3v) is 9.43. The van der Waals surface area contributed by atoms with E-state index in [-0.39, 0.29) is 34.7 Å². The molecule has 198 valence electrons. The number of nitrogen functional groups attached to an aromatic ring is 3. The Hall–Kier alpha value is -4.01. The number of aromatic nitrogens is 3. The van der Waals surface area contributed by atoms with Gasteiger partial charge in [-0.15, -0.1) is 17.8 Å². The van der Waals surface area contributed by atoms with Crippen molar-refractivity contribution in [1.29, 1.82) is 0 Å². The zero-order valence-electron chi connectivity index (χ0n) is 19.9. The molecule has 17 heteroatoms. The number of nitrogens with one attached hydrogen (secondary N) is 1. The summed E-state index contributed by atoms with van der Waals surface area (Å²) in [4.78, 5) is 52.8. The van der Waals surface area contributed by atoms with Gasteiger partial charge in [0.1, 0.15) is 22.3 Å². The third kappa shape index (κ3) is 5.46. The van der Waals surface area contributed by atoms with E-state index < -0.39 is 39.4 Å². The highest BCUT2D eigenvalue weighted by molar-refractivity contribution is 8.11. The number of hydrogen-bond donors (Lipinski definition) is 5. The number of carboxylic acid groups (broad SMARTS) is 1. The summed E-state index contributed by atoms with van der Waals surface area (Å²) in [5.41, 5.74) is 18.0. The van der Waals surface area contributed by atoms with Crippen molar-refractivity contribution in [2.45, 2.75) is 16.6 Å². The molecular weight excluding hydrogens is 554 g/mol. The normalized spacial score (nSPS) is 20.6. The largest absolute Gasteiger partial charge is 0.525 e. The van der Waals surface area contributed by atoms with Gasteiger partial charge >= 0.3 is 10.5 Å². The van der Waals surface area contributed by atoms with Crippen LogP contribution in [0.4, 0.5) is 21.6 Å². The summed E-state index contributed by atoms with van der Waals surface area (Å²) >= 11 is 2.40. The number of nitrogens with two attached hydrogens (primary N) is 3. The van der Waals surface area contributed by atoms with Gasteiger partial charge in [0.15, 0.2) is 23.5 Å². The average Bonchev–Trinajstić information content (AvgIpc) is 3.31. The molecule has 38 heavy (non-hydrogen) atoms. The van der Waals surface area contributed by atoms with Gasteiger partial charge in [0.05, 0.1) is 13.1 Å². The molecule has 0 saturated carbocycles. The van der Waals surface area contributed by atoms with Crippen molar-refractivity contribution in [3.63, 3.8) is 0 Å². The van der Waals surface area contributed by atoms with Crippen molar-refractivity contribution in [1.82, 2.24) is 20.2 Å². The van der Waals surface area contributed by atoms with E-state index in [0.29, 0.717) is 16.7 Å². The minimum atomic E-state index is -1.30. The van der Waals surface area contributed by atoms with Crippen LogP contribution in [0.15, 0.2) is 33.5 Å². The Morgan fingerprint density at radius 2 is 2.21 bits per heavy atom. The smallest absolute Gasteiger partial charge is 0.441 e. The second-order valence-corrected chi connectivity index (χ2v) is 11.7. The van der Waals surface area contributed by atoms with Crippen molar-refractivity contribution < 1.29 is 28.9 Å².